The predicted molar refractivity (Wildman–Crippen MR) is 115 cm³/mol. The molecule has 0 aliphatic rings. The maximum atomic E-state index is 13.9. The predicted octanol–water partition coefficient (Wildman–Crippen LogP) is 4.88. The van der Waals surface area contributed by atoms with Crippen molar-refractivity contribution in [2.24, 2.45) is 0 Å². The van der Waals surface area contributed by atoms with E-state index in [9.17, 15) is 22.4 Å². The molecule has 4 rings (SSSR count). The molecule has 0 fully saturated rings. The van der Waals surface area contributed by atoms with Crippen molar-refractivity contribution in [2.45, 2.75) is 26.4 Å². The molecule has 0 aliphatic heterocycles. The van der Waals surface area contributed by atoms with Crippen LogP contribution in [0.1, 0.15) is 27.3 Å². The summed E-state index contributed by atoms with van der Waals surface area (Å²) in [6.07, 6.45) is -3.01. The molecule has 4 aromatic rings. The first-order chi connectivity index (χ1) is 16.2. The highest BCUT2D eigenvalue weighted by Gasteiger charge is 2.30. The van der Waals surface area contributed by atoms with Crippen LogP contribution in [-0.4, -0.2) is 25.5 Å². The zero-order chi connectivity index (χ0) is 24.3. The number of benzene rings is 2. The highest BCUT2D eigenvalue weighted by Crippen LogP contribution is 2.31. The zero-order valence-corrected chi connectivity index (χ0v) is 17.9. The molecule has 2 heterocycles. The number of halogens is 4. The number of alkyl halides is 3. The lowest BCUT2D eigenvalue weighted by atomic mass is 10.2. The quantitative estimate of drug-likeness (QED) is 0.388. The first-order valence-corrected chi connectivity index (χ1v) is 10.1. The van der Waals surface area contributed by atoms with Crippen LogP contribution in [0.4, 0.5) is 23.4 Å². The van der Waals surface area contributed by atoms with Gasteiger partial charge >= 0.3 is 6.18 Å². The summed E-state index contributed by atoms with van der Waals surface area (Å²) < 4.78 is 60.5. The molecular weight excluding hydrogens is 454 g/mol. The fraction of sp³-hybridized carbons (Fsp3) is 0.174. The SMILES string of the molecule is Cc1cc(NC(=O)c2ccn(COc3cccc(C(F)(F)F)c3)n2)nn1Cc1ccccc1F. The smallest absolute Gasteiger partial charge is 0.416 e. The van der Waals surface area contributed by atoms with Crippen LogP contribution in [0.5, 0.6) is 5.75 Å². The number of ether oxygens (including phenoxy) is 1. The van der Waals surface area contributed by atoms with E-state index in [0.717, 1.165) is 17.8 Å². The van der Waals surface area contributed by atoms with Crippen molar-refractivity contribution in [1.29, 1.82) is 0 Å². The summed E-state index contributed by atoms with van der Waals surface area (Å²) in [6.45, 7) is 1.80. The third-order valence-electron chi connectivity index (χ3n) is 4.90. The molecule has 11 heteroatoms. The minimum absolute atomic E-state index is 0.0206. The standard InChI is InChI=1S/C23H19F4N5O2/c1-15-11-21(30-32(15)13-16-5-2-3-8-19(16)24)28-22(33)20-9-10-31(29-20)14-34-18-7-4-6-17(12-18)23(25,26)27/h2-12H,13-14H2,1H3,(H,28,30,33). The molecule has 0 aliphatic carbocycles. The van der Waals surface area contributed by atoms with E-state index in [2.05, 4.69) is 15.5 Å². The highest BCUT2D eigenvalue weighted by atomic mass is 19.4. The van der Waals surface area contributed by atoms with Crippen molar-refractivity contribution in [2.75, 3.05) is 5.32 Å². The summed E-state index contributed by atoms with van der Waals surface area (Å²) in [7, 11) is 0. The van der Waals surface area contributed by atoms with Gasteiger partial charge in [-0.3, -0.25) is 9.48 Å². The Morgan fingerprint density at radius 3 is 2.62 bits per heavy atom. The van der Waals surface area contributed by atoms with E-state index < -0.39 is 17.6 Å². The van der Waals surface area contributed by atoms with Gasteiger partial charge in [0, 0.05) is 23.5 Å². The van der Waals surface area contributed by atoms with E-state index in [0.29, 0.717) is 5.56 Å². The van der Waals surface area contributed by atoms with E-state index in [-0.39, 0.29) is 36.4 Å². The fourth-order valence-corrected chi connectivity index (χ4v) is 3.16. The number of carbonyl (C=O) groups excluding carboxylic acids is 1. The molecule has 2 aromatic carbocycles. The Bertz CT molecular complexity index is 1310. The summed E-state index contributed by atoms with van der Waals surface area (Å²) in [5, 5.41) is 11.0. The highest BCUT2D eigenvalue weighted by molar-refractivity contribution is 6.02. The summed E-state index contributed by atoms with van der Waals surface area (Å²) in [5.74, 6) is -0.588. The van der Waals surface area contributed by atoms with Crippen LogP contribution in [0.25, 0.3) is 0 Å². The first-order valence-electron chi connectivity index (χ1n) is 10.1. The fourth-order valence-electron chi connectivity index (χ4n) is 3.16. The molecule has 1 amide bonds. The zero-order valence-electron chi connectivity index (χ0n) is 17.9. The summed E-state index contributed by atoms with van der Waals surface area (Å²) in [6, 6.07) is 13.9. The van der Waals surface area contributed by atoms with E-state index in [1.54, 1.807) is 35.9 Å². The Morgan fingerprint density at radius 2 is 1.85 bits per heavy atom. The van der Waals surface area contributed by atoms with Crippen LogP contribution in [-0.2, 0) is 19.5 Å². The number of rotatable bonds is 7. The Balaban J connectivity index is 1.37. The lowest BCUT2D eigenvalue weighted by Crippen LogP contribution is -2.15. The van der Waals surface area contributed by atoms with Gasteiger partial charge in [0.1, 0.15) is 11.6 Å². The number of hydrogen-bond donors (Lipinski definition) is 1. The summed E-state index contributed by atoms with van der Waals surface area (Å²) in [4.78, 5) is 12.5. The normalized spacial score (nSPS) is 11.4. The van der Waals surface area contributed by atoms with Crippen molar-refractivity contribution < 1.29 is 27.1 Å². The Kier molecular flexibility index (Phi) is 6.35. The second-order valence-corrected chi connectivity index (χ2v) is 7.41. The first kappa shape index (κ1) is 23.0. The van der Waals surface area contributed by atoms with Gasteiger partial charge in [0.15, 0.2) is 18.2 Å². The van der Waals surface area contributed by atoms with Crippen LogP contribution < -0.4 is 10.1 Å². The number of aromatic nitrogens is 4. The van der Waals surface area contributed by atoms with Gasteiger partial charge < -0.3 is 10.1 Å². The topological polar surface area (TPSA) is 74.0 Å². The maximum absolute atomic E-state index is 13.9. The second kappa shape index (κ2) is 9.38. The molecule has 2 aromatic heterocycles. The number of nitrogens with zero attached hydrogens (tertiary/aromatic N) is 4. The van der Waals surface area contributed by atoms with Gasteiger partial charge in [-0.2, -0.15) is 23.4 Å². The molecule has 0 saturated heterocycles. The summed E-state index contributed by atoms with van der Waals surface area (Å²) in [5.41, 5.74) is 0.425. The molecule has 0 atom stereocenters. The maximum Gasteiger partial charge on any atom is 0.416 e. The van der Waals surface area contributed by atoms with Gasteiger partial charge in [0.2, 0.25) is 0 Å². The van der Waals surface area contributed by atoms with E-state index in [4.69, 9.17) is 4.74 Å². The number of amides is 1. The minimum Gasteiger partial charge on any atom is -0.471 e. The molecule has 0 bridgehead atoms. The molecule has 1 N–H and O–H groups in total. The molecule has 0 spiro atoms. The third kappa shape index (κ3) is 5.42. The average Bonchev–Trinajstić information content (AvgIpc) is 3.40. The van der Waals surface area contributed by atoms with Crippen LogP contribution in [0.2, 0.25) is 0 Å². The third-order valence-corrected chi connectivity index (χ3v) is 4.90. The number of hydrogen-bond acceptors (Lipinski definition) is 4. The van der Waals surface area contributed by atoms with Crippen molar-refractivity contribution >= 4 is 11.7 Å². The van der Waals surface area contributed by atoms with Crippen molar-refractivity contribution in [1.82, 2.24) is 19.6 Å². The number of aryl methyl sites for hydroxylation is 1. The molecule has 176 valence electrons. The van der Waals surface area contributed by atoms with Crippen molar-refractivity contribution in [3.8, 4) is 5.75 Å². The largest absolute Gasteiger partial charge is 0.471 e. The number of carbonyl (C=O) groups is 1. The van der Waals surface area contributed by atoms with Gasteiger partial charge in [-0.05, 0) is 37.3 Å². The van der Waals surface area contributed by atoms with Crippen LogP contribution in [0.15, 0.2) is 66.9 Å². The Labute approximate surface area is 191 Å². The Morgan fingerprint density at radius 1 is 1.06 bits per heavy atom. The molecule has 7 nitrogen and oxygen atoms in total. The number of nitrogens with one attached hydrogen (secondary N) is 1. The van der Waals surface area contributed by atoms with E-state index >= 15 is 0 Å². The van der Waals surface area contributed by atoms with E-state index in [1.165, 1.54) is 35.1 Å². The molecule has 0 unspecified atom stereocenters. The van der Waals surface area contributed by atoms with Gasteiger partial charge in [-0.1, -0.05) is 24.3 Å². The van der Waals surface area contributed by atoms with Gasteiger partial charge in [0.05, 0.1) is 12.1 Å². The van der Waals surface area contributed by atoms with E-state index in [1.807, 2.05) is 0 Å². The van der Waals surface area contributed by atoms with Gasteiger partial charge in [-0.25, -0.2) is 9.07 Å². The van der Waals surface area contributed by atoms with Crippen LogP contribution in [0.3, 0.4) is 0 Å². The lowest BCUT2D eigenvalue weighted by molar-refractivity contribution is -0.137. The molecular formula is C23H19F4N5O2. The van der Waals surface area contributed by atoms with Crippen LogP contribution >= 0.6 is 0 Å². The lowest BCUT2D eigenvalue weighted by Gasteiger charge is -2.10. The average molecular weight is 473 g/mol. The van der Waals surface area contributed by atoms with Gasteiger partial charge in [0.25, 0.3) is 5.91 Å². The Hall–Kier alpha value is -4.15. The molecule has 0 saturated carbocycles. The number of anilines is 1. The molecule has 0 radical (unpaired) electrons. The molecule has 34 heavy (non-hydrogen) atoms. The van der Waals surface area contributed by atoms with Gasteiger partial charge in [-0.15, -0.1) is 0 Å². The van der Waals surface area contributed by atoms with Crippen molar-refractivity contribution in [3.05, 3.63) is 95.2 Å². The second-order valence-electron chi connectivity index (χ2n) is 7.41. The van der Waals surface area contributed by atoms with Crippen molar-refractivity contribution in [3.63, 3.8) is 0 Å². The summed E-state index contributed by atoms with van der Waals surface area (Å²) >= 11 is 0. The van der Waals surface area contributed by atoms with Crippen LogP contribution in [0, 0.1) is 12.7 Å². The minimum atomic E-state index is -4.48. The monoisotopic (exact) mass is 473 g/mol.